The van der Waals surface area contributed by atoms with E-state index >= 15 is 0 Å². The average Bonchev–Trinajstić information content (AvgIpc) is 3.12. The van der Waals surface area contributed by atoms with Crippen LogP contribution in [0.1, 0.15) is 22.8 Å². The summed E-state index contributed by atoms with van der Waals surface area (Å²) in [5.74, 6) is 0.564. The Morgan fingerprint density at radius 3 is 2.42 bits per heavy atom. The van der Waals surface area contributed by atoms with Gasteiger partial charge in [-0.05, 0) is 26.0 Å². The summed E-state index contributed by atoms with van der Waals surface area (Å²) in [4.78, 5) is 4.42. The molecule has 2 heterocycles. The van der Waals surface area contributed by atoms with Gasteiger partial charge in [-0.15, -0.1) is 0 Å². The molecule has 1 aromatic carbocycles. The van der Waals surface area contributed by atoms with E-state index in [1.807, 2.05) is 13.8 Å². The highest BCUT2D eigenvalue weighted by atomic mass is 32.2. The molecule has 3 rings (SSSR count). The smallest absolute Gasteiger partial charge is 0.240 e. The minimum Gasteiger partial charge on any atom is -0.449 e. The first kappa shape index (κ1) is 16.4. The van der Waals surface area contributed by atoms with E-state index < -0.39 is 10.0 Å². The molecule has 126 valence electrons. The van der Waals surface area contributed by atoms with E-state index in [1.54, 1.807) is 37.5 Å². The van der Waals surface area contributed by atoms with Crippen molar-refractivity contribution in [3.63, 3.8) is 0 Å². The van der Waals surface area contributed by atoms with Crippen molar-refractivity contribution in [2.24, 2.45) is 0 Å². The van der Waals surface area contributed by atoms with Crippen LogP contribution >= 0.6 is 0 Å². The van der Waals surface area contributed by atoms with Gasteiger partial charge >= 0.3 is 0 Å². The van der Waals surface area contributed by atoms with Crippen LogP contribution in [-0.2, 0) is 16.6 Å². The van der Waals surface area contributed by atoms with Crippen molar-refractivity contribution in [1.29, 1.82) is 0 Å². The molecular formula is C16H18N4O3S. The predicted octanol–water partition coefficient (Wildman–Crippen LogP) is 2.47. The predicted molar refractivity (Wildman–Crippen MR) is 88.8 cm³/mol. The standard InChI is InChI=1S/C16H18N4O3S/c1-10-15(11(2)20-19-10)8-17-24(21,22)14-6-4-13(5-7-14)16-9-23-12(3)18-16/h4-7,9,17H,8H2,1-3H3,(H,19,20). The third kappa shape index (κ3) is 3.24. The maximum atomic E-state index is 12.4. The van der Waals surface area contributed by atoms with Crippen LogP contribution in [-0.4, -0.2) is 23.6 Å². The second-order valence-corrected chi connectivity index (χ2v) is 7.28. The topological polar surface area (TPSA) is 101 Å². The summed E-state index contributed by atoms with van der Waals surface area (Å²) in [5, 5.41) is 6.90. The lowest BCUT2D eigenvalue weighted by Crippen LogP contribution is -2.23. The molecule has 0 saturated carbocycles. The quantitative estimate of drug-likeness (QED) is 0.739. The second-order valence-electron chi connectivity index (χ2n) is 5.51. The Kier molecular flexibility index (Phi) is 4.25. The highest BCUT2D eigenvalue weighted by Crippen LogP contribution is 2.21. The number of oxazole rings is 1. The molecule has 0 radical (unpaired) electrons. The summed E-state index contributed by atoms with van der Waals surface area (Å²) in [7, 11) is -3.60. The van der Waals surface area contributed by atoms with Gasteiger partial charge in [-0.2, -0.15) is 5.10 Å². The van der Waals surface area contributed by atoms with Crippen LogP contribution in [0.2, 0.25) is 0 Å². The minimum absolute atomic E-state index is 0.195. The van der Waals surface area contributed by atoms with Gasteiger partial charge in [-0.25, -0.2) is 18.1 Å². The molecule has 24 heavy (non-hydrogen) atoms. The van der Waals surface area contributed by atoms with Crippen molar-refractivity contribution in [2.75, 3.05) is 0 Å². The molecule has 2 aromatic heterocycles. The van der Waals surface area contributed by atoms with E-state index in [2.05, 4.69) is 19.9 Å². The van der Waals surface area contributed by atoms with E-state index in [1.165, 1.54) is 0 Å². The van der Waals surface area contributed by atoms with Crippen molar-refractivity contribution < 1.29 is 12.8 Å². The molecule has 0 spiro atoms. The van der Waals surface area contributed by atoms with Crippen molar-refractivity contribution in [3.05, 3.63) is 53.4 Å². The number of nitrogens with one attached hydrogen (secondary N) is 2. The van der Waals surface area contributed by atoms with Crippen LogP contribution in [0.3, 0.4) is 0 Å². The van der Waals surface area contributed by atoms with Gasteiger partial charge in [0.15, 0.2) is 5.89 Å². The van der Waals surface area contributed by atoms with E-state index in [4.69, 9.17) is 4.42 Å². The van der Waals surface area contributed by atoms with Gasteiger partial charge < -0.3 is 4.42 Å². The summed E-state index contributed by atoms with van der Waals surface area (Å²) in [6.45, 7) is 5.65. The first-order chi connectivity index (χ1) is 11.4. The monoisotopic (exact) mass is 346 g/mol. The lowest BCUT2D eigenvalue weighted by Gasteiger charge is -2.07. The number of aryl methyl sites for hydroxylation is 3. The minimum atomic E-state index is -3.60. The first-order valence-electron chi connectivity index (χ1n) is 7.39. The molecule has 7 nitrogen and oxygen atoms in total. The number of nitrogens with zero attached hydrogens (tertiary/aromatic N) is 2. The van der Waals surface area contributed by atoms with Crippen LogP contribution < -0.4 is 4.72 Å². The molecule has 0 bridgehead atoms. The third-order valence-corrected chi connectivity index (χ3v) is 5.22. The van der Waals surface area contributed by atoms with Gasteiger partial charge in [-0.3, -0.25) is 5.10 Å². The zero-order valence-corrected chi connectivity index (χ0v) is 14.4. The van der Waals surface area contributed by atoms with Crippen molar-refractivity contribution in [1.82, 2.24) is 19.9 Å². The number of H-pyrrole nitrogens is 1. The number of aromatic amines is 1. The Morgan fingerprint density at radius 1 is 1.17 bits per heavy atom. The molecule has 2 N–H and O–H groups in total. The average molecular weight is 346 g/mol. The normalized spacial score (nSPS) is 11.8. The van der Waals surface area contributed by atoms with Gasteiger partial charge in [0.2, 0.25) is 10.0 Å². The largest absolute Gasteiger partial charge is 0.449 e. The molecule has 0 aliphatic heterocycles. The van der Waals surface area contributed by atoms with Crippen LogP contribution in [0.15, 0.2) is 39.8 Å². The number of rotatable bonds is 5. The van der Waals surface area contributed by atoms with Gasteiger partial charge in [-0.1, -0.05) is 12.1 Å². The highest BCUT2D eigenvalue weighted by Gasteiger charge is 2.16. The van der Waals surface area contributed by atoms with Crippen LogP contribution in [0, 0.1) is 20.8 Å². The number of hydrogen-bond donors (Lipinski definition) is 2. The van der Waals surface area contributed by atoms with Crippen molar-refractivity contribution in [3.8, 4) is 11.3 Å². The van der Waals surface area contributed by atoms with E-state index in [9.17, 15) is 8.42 Å². The lowest BCUT2D eigenvalue weighted by atomic mass is 10.2. The summed E-state index contributed by atoms with van der Waals surface area (Å²) in [6, 6.07) is 6.52. The number of sulfonamides is 1. The van der Waals surface area contributed by atoms with Crippen LogP contribution in [0.5, 0.6) is 0 Å². The molecule has 0 atom stereocenters. The highest BCUT2D eigenvalue weighted by molar-refractivity contribution is 7.89. The fourth-order valence-corrected chi connectivity index (χ4v) is 3.38. The summed E-state index contributed by atoms with van der Waals surface area (Å²) in [6.07, 6.45) is 1.54. The third-order valence-electron chi connectivity index (χ3n) is 3.80. The van der Waals surface area contributed by atoms with Crippen molar-refractivity contribution >= 4 is 10.0 Å². The maximum absolute atomic E-state index is 12.4. The Bertz CT molecular complexity index is 936. The van der Waals surface area contributed by atoms with Crippen molar-refractivity contribution in [2.45, 2.75) is 32.2 Å². The molecule has 3 aromatic rings. The van der Waals surface area contributed by atoms with Crippen LogP contribution in [0.25, 0.3) is 11.3 Å². The molecule has 0 aliphatic rings. The van der Waals surface area contributed by atoms with Crippen LogP contribution in [0.4, 0.5) is 0 Å². The molecule has 0 aliphatic carbocycles. The first-order valence-corrected chi connectivity index (χ1v) is 8.88. The molecule has 0 saturated heterocycles. The number of aromatic nitrogens is 3. The molecule has 8 heteroatoms. The summed E-state index contributed by atoms with van der Waals surface area (Å²) in [5.41, 5.74) is 3.97. The number of hydrogen-bond acceptors (Lipinski definition) is 5. The summed E-state index contributed by atoms with van der Waals surface area (Å²) < 4.78 is 32.6. The SMILES string of the molecule is Cc1nc(-c2ccc(S(=O)(=O)NCc3c(C)n[nH]c3C)cc2)co1. The van der Waals surface area contributed by atoms with E-state index in [0.29, 0.717) is 11.6 Å². The van der Waals surface area contributed by atoms with E-state index in [0.717, 1.165) is 22.5 Å². The zero-order valence-electron chi connectivity index (χ0n) is 13.6. The Morgan fingerprint density at radius 2 is 1.88 bits per heavy atom. The fourth-order valence-electron chi connectivity index (χ4n) is 2.39. The zero-order chi connectivity index (χ0) is 17.3. The van der Waals surface area contributed by atoms with Gasteiger partial charge in [0.05, 0.1) is 10.6 Å². The number of benzene rings is 1. The lowest BCUT2D eigenvalue weighted by molar-refractivity contribution is 0.521. The molecule has 0 unspecified atom stereocenters. The molecular weight excluding hydrogens is 328 g/mol. The Balaban J connectivity index is 1.77. The molecule has 0 fully saturated rings. The fraction of sp³-hybridized carbons (Fsp3) is 0.250. The Hall–Kier alpha value is -2.45. The van der Waals surface area contributed by atoms with Gasteiger partial charge in [0.25, 0.3) is 0 Å². The summed E-state index contributed by atoms with van der Waals surface area (Å²) >= 11 is 0. The second kappa shape index (κ2) is 6.21. The van der Waals surface area contributed by atoms with Gasteiger partial charge in [0, 0.05) is 30.3 Å². The van der Waals surface area contributed by atoms with Gasteiger partial charge in [0.1, 0.15) is 12.0 Å². The Labute approximate surface area is 140 Å². The maximum Gasteiger partial charge on any atom is 0.240 e. The molecule has 0 amide bonds. The van der Waals surface area contributed by atoms with E-state index in [-0.39, 0.29) is 11.4 Å².